The van der Waals surface area contributed by atoms with Crippen LogP contribution in [0.3, 0.4) is 0 Å². The predicted octanol–water partition coefficient (Wildman–Crippen LogP) is 5.87. The summed E-state index contributed by atoms with van der Waals surface area (Å²) < 4.78 is 0. The summed E-state index contributed by atoms with van der Waals surface area (Å²) in [5.41, 5.74) is 5.37. The van der Waals surface area contributed by atoms with Crippen LogP contribution < -0.4 is 5.32 Å². The molecule has 0 bridgehead atoms. The Labute approximate surface area is 132 Å². The third kappa shape index (κ3) is 2.80. The average molecular weight is 300 g/mol. The Balaban J connectivity index is 1.92. The molecule has 2 heteroatoms. The van der Waals surface area contributed by atoms with Crippen LogP contribution >= 0.6 is 11.6 Å². The SMILES string of the molecule is Cc1ccc(NC2CCC(C)(C)c3ccccc32)cc1Cl. The Morgan fingerprint density at radius 1 is 1.14 bits per heavy atom. The van der Waals surface area contributed by atoms with Gasteiger partial charge in [-0.1, -0.05) is 55.8 Å². The third-order valence-electron chi connectivity index (χ3n) is 4.64. The molecular formula is C19H22ClN. The smallest absolute Gasteiger partial charge is 0.0517 e. The molecule has 0 saturated heterocycles. The molecule has 3 rings (SSSR count). The quantitative estimate of drug-likeness (QED) is 0.731. The fraction of sp³-hybridized carbons (Fsp3) is 0.368. The Morgan fingerprint density at radius 3 is 2.67 bits per heavy atom. The monoisotopic (exact) mass is 299 g/mol. The van der Waals surface area contributed by atoms with Crippen LogP contribution in [0, 0.1) is 6.92 Å². The third-order valence-corrected chi connectivity index (χ3v) is 5.04. The van der Waals surface area contributed by atoms with Crippen molar-refractivity contribution >= 4 is 17.3 Å². The average Bonchev–Trinajstić information content (AvgIpc) is 2.46. The summed E-state index contributed by atoms with van der Waals surface area (Å²) in [5.74, 6) is 0. The summed E-state index contributed by atoms with van der Waals surface area (Å²) in [6, 6.07) is 15.4. The molecular weight excluding hydrogens is 278 g/mol. The Kier molecular flexibility index (Phi) is 3.71. The number of benzene rings is 2. The van der Waals surface area contributed by atoms with Gasteiger partial charge in [-0.25, -0.2) is 0 Å². The van der Waals surface area contributed by atoms with E-state index in [1.807, 2.05) is 13.0 Å². The maximum atomic E-state index is 6.24. The van der Waals surface area contributed by atoms with E-state index in [9.17, 15) is 0 Å². The van der Waals surface area contributed by atoms with Crippen molar-refractivity contribution in [1.29, 1.82) is 0 Å². The van der Waals surface area contributed by atoms with Crippen molar-refractivity contribution in [1.82, 2.24) is 0 Å². The number of halogens is 1. The number of hydrogen-bond acceptors (Lipinski definition) is 1. The van der Waals surface area contributed by atoms with Crippen molar-refractivity contribution in [3.05, 3.63) is 64.2 Å². The van der Waals surface area contributed by atoms with Gasteiger partial charge in [-0.3, -0.25) is 0 Å². The van der Waals surface area contributed by atoms with Crippen molar-refractivity contribution in [2.45, 2.75) is 45.1 Å². The number of fused-ring (bicyclic) bond motifs is 1. The molecule has 1 nitrogen and oxygen atoms in total. The van der Waals surface area contributed by atoms with Gasteiger partial charge in [0.25, 0.3) is 0 Å². The topological polar surface area (TPSA) is 12.0 Å². The van der Waals surface area contributed by atoms with Gasteiger partial charge >= 0.3 is 0 Å². The second-order valence-corrected chi connectivity index (χ2v) is 7.08. The summed E-state index contributed by atoms with van der Waals surface area (Å²) in [7, 11) is 0. The molecule has 1 unspecified atom stereocenters. The molecule has 0 saturated carbocycles. The molecule has 0 fully saturated rings. The summed E-state index contributed by atoms with van der Waals surface area (Å²) in [5, 5.41) is 4.48. The number of rotatable bonds is 2. The summed E-state index contributed by atoms with van der Waals surface area (Å²) in [4.78, 5) is 0. The van der Waals surface area contributed by atoms with E-state index in [1.54, 1.807) is 0 Å². The maximum Gasteiger partial charge on any atom is 0.0517 e. The molecule has 0 aromatic heterocycles. The Bertz CT molecular complexity index is 660. The summed E-state index contributed by atoms with van der Waals surface area (Å²) >= 11 is 6.24. The number of hydrogen-bond donors (Lipinski definition) is 1. The van der Waals surface area contributed by atoms with Crippen molar-refractivity contribution in [2.75, 3.05) is 5.32 Å². The van der Waals surface area contributed by atoms with E-state index >= 15 is 0 Å². The fourth-order valence-corrected chi connectivity index (χ4v) is 3.43. The van der Waals surface area contributed by atoms with Crippen LogP contribution in [0.4, 0.5) is 5.69 Å². The van der Waals surface area contributed by atoms with Crippen molar-refractivity contribution < 1.29 is 0 Å². The molecule has 0 amide bonds. The normalized spacial score (nSPS) is 19.9. The standard InChI is InChI=1S/C19H22ClN/c1-13-8-9-14(12-17(13)20)21-18-10-11-19(2,3)16-7-5-4-6-15(16)18/h4-9,12,18,21H,10-11H2,1-3H3. The van der Waals surface area contributed by atoms with Gasteiger partial charge in [0.15, 0.2) is 0 Å². The van der Waals surface area contributed by atoms with Crippen molar-refractivity contribution in [3.63, 3.8) is 0 Å². The highest BCUT2D eigenvalue weighted by Crippen LogP contribution is 2.42. The first-order valence-corrected chi connectivity index (χ1v) is 7.97. The first-order chi connectivity index (χ1) is 9.97. The molecule has 1 N–H and O–H groups in total. The van der Waals surface area contributed by atoms with Crippen LogP contribution in [0.1, 0.15) is 49.4 Å². The van der Waals surface area contributed by atoms with Gasteiger partial charge in [0, 0.05) is 10.7 Å². The molecule has 21 heavy (non-hydrogen) atoms. The highest BCUT2D eigenvalue weighted by Gasteiger charge is 2.32. The molecule has 0 radical (unpaired) electrons. The zero-order valence-electron chi connectivity index (χ0n) is 12.9. The van der Waals surface area contributed by atoms with Crippen LogP contribution in [0.2, 0.25) is 5.02 Å². The Morgan fingerprint density at radius 2 is 1.90 bits per heavy atom. The van der Waals surface area contributed by atoms with E-state index in [-0.39, 0.29) is 5.41 Å². The molecule has 0 aliphatic heterocycles. The minimum atomic E-state index is 0.264. The minimum absolute atomic E-state index is 0.264. The highest BCUT2D eigenvalue weighted by atomic mass is 35.5. The van der Waals surface area contributed by atoms with Crippen LogP contribution in [-0.4, -0.2) is 0 Å². The minimum Gasteiger partial charge on any atom is -0.378 e. The van der Waals surface area contributed by atoms with E-state index in [2.05, 4.69) is 55.6 Å². The molecule has 1 atom stereocenters. The zero-order valence-corrected chi connectivity index (χ0v) is 13.7. The number of aryl methyl sites for hydroxylation is 1. The van der Waals surface area contributed by atoms with Crippen LogP contribution in [0.25, 0.3) is 0 Å². The first-order valence-electron chi connectivity index (χ1n) is 7.59. The van der Waals surface area contributed by atoms with E-state index in [1.165, 1.54) is 17.5 Å². The number of anilines is 1. The zero-order chi connectivity index (χ0) is 15.0. The van der Waals surface area contributed by atoms with Gasteiger partial charge in [-0.05, 0) is 54.0 Å². The van der Waals surface area contributed by atoms with Gasteiger partial charge in [-0.2, -0.15) is 0 Å². The second kappa shape index (κ2) is 5.38. The highest BCUT2D eigenvalue weighted by molar-refractivity contribution is 6.31. The summed E-state index contributed by atoms with van der Waals surface area (Å²) in [6.45, 7) is 6.71. The van der Waals surface area contributed by atoms with Crippen molar-refractivity contribution in [3.8, 4) is 0 Å². The van der Waals surface area contributed by atoms with Crippen LogP contribution in [-0.2, 0) is 5.41 Å². The second-order valence-electron chi connectivity index (χ2n) is 6.67. The van der Waals surface area contributed by atoms with Gasteiger partial charge in [-0.15, -0.1) is 0 Å². The molecule has 110 valence electrons. The predicted molar refractivity (Wildman–Crippen MR) is 91.3 cm³/mol. The van der Waals surface area contributed by atoms with E-state index in [0.29, 0.717) is 6.04 Å². The first kappa shape index (κ1) is 14.5. The van der Waals surface area contributed by atoms with Crippen LogP contribution in [0.15, 0.2) is 42.5 Å². The molecule has 0 heterocycles. The number of nitrogens with one attached hydrogen (secondary N) is 1. The maximum absolute atomic E-state index is 6.24. The molecule has 2 aromatic rings. The molecule has 1 aliphatic rings. The van der Waals surface area contributed by atoms with E-state index < -0.39 is 0 Å². The largest absolute Gasteiger partial charge is 0.378 e. The van der Waals surface area contributed by atoms with Crippen LogP contribution in [0.5, 0.6) is 0 Å². The molecule has 0 spiro atoms. The lowest BCUT2D eigenvalue weighted by molar-refractivity contribution is 0.406. The van der Waals surface area contributed by atoms with Gasteiger partial charge in [0.2, 0.25) is 0 Å². The lowest BCUT2D eigenvalue weighted by Crippen LogP contribution is -2.29. The lowest BCUT2D eigenvalue weighted by atomic mass is 9.71. The van der Waals surface area contributed by atoms with Gasteiger partial charge in [0.1, 0.15) is 0 Å². The molecule has 1 aliphatic carbocycles. The molecule has 2 aromatic carbocycles. The van der Waals surface area contributed by atoms with Crippen molar-refractivity contribution in [2.24, 2.45) is 0 Å². The van der Waals surface area contributed by atoms with Gasteiger partial charge in [0.05, 0.1) is 6.04 Å². The summed E-state index contributed by atoms with van der Waals surface area (Å²) in [6.07, 6.45) is 2.34. The van der Waals surface area contributed by atoms with E-state index in [0.717, 1.165) is 22.7 Å². The van der Waals surface area contributed by atoms with Gasteiger partial charge < -0.3 is 5.32 Å². The lowest BCUT2D eigenvalue weighted by Gasteiger charge is -2.37. The van der Waals surface area contributed by atoms with E-state index in [4.69, 9.17) is 11.6 Å². The fourth-order valence-electron chi connectivity index (χ4n) is 3.25. The Hall–Kier alpha value is -1.47.